The van der Waals surface area contributed by atoms with Crippen molar-refractivity contribution in [3.63, 3.8) is 0 Å². The molecule has 0 saturated heterocycles. The summed E-state index contributed by atoms with van der Waals surface area (Å²) in [6, 6.07) is 12.8. The summed E-state index contributed by atoms with van der Waals surface area (Å²) >= 11 is 0. The highest BCUT2D eigenvalue weighted by molar-refractivity contribution is 5.41. The summed E-state index contributed by atoms with van der Waals surface area (Å²) in [5, 5.41) is 13.2. The van der Waals surface area contributed by atoms with Crippen molar-refractivity contribution in [3.8, 4) is 17.2 Å². The molecule has 0 aliphatic heterocycles. The van der Waals surface area contributed by atoms with Crippen molar-refractivity contribution < 1.29 is 14.6 Å². The van der Waals surface area contributed by atoms with Gasteiger partial charge in [0, 0.05) is 32.1 Å². The van der Waals surface area contributed by atoms with E-state index in [-0.39, 0.29) is 11.8 Å². The van der Waals surface area contributed by atoms with Gasteiger partial charge in [-0.2, -0.15) is 0 Å². The van der Waals surface area contributed by atoms with Gasteiger partial charge in [-0.1, -0.05) is 12.1 Å². The number of phenolic OH excluding ortho intramolecular Hbond substituents is 1. The van der Waals surface area contributed by atoms with E-state index >= 15 is 0 Å². The maximum Gasteiger partial charge on any atom is 0.130 e. The number of aromatic nitrogens is 2. The topological polar surface area (TPSA) is 68.5 Å². The standard InChI is InChI=1S/C20H23N3O3/c1-23-8-7-21-20(23)19(22-13-14-5-4-6-16(24)9-14)15-10-17(25-2)12-18(11-15)26-3/h4-12,19,22,24H,13H2,1-3H3. The highest BCUT2D eigenvalue weighted by atomic mass is 16.5. The van der Waals surface area contributed by atoms with Crippen LogP contribution in [0.2, 0.25) is 0 Å². The lowest BCUT2D eigenvalue weighted by molar-refractivity contribution is 0.392. The molecule has 0 aliphatic rings. The van der Waals surface area contributed by atoms with Gasteiger partial charge in [-0.15, -0.1) is 0 Å². The Morgan fingerprint density at radius 1 is 1.12 bits per heavy atom. The number of hydrogen-bond acceptors (Lipinski definition) is 5. The van der Waals surface area contributed by atoms with Gasteiger partial charge in [0.15, 0.2) is 0 Å². The van der Waals surface area contributed by atoms with Crippen molar-refractivity contribution in [3.05, 3.63) is 71.8 Å². The first-order chi connectivity index (χ1) is 12.6. The van der Waals surface area contributed by atoms with E-state index in [1.54, 1.807) is 32.5 Å². The molecule has 0 spiro atoms. The van der Waals surface area contributed by atoms with E-state index in [9.17, 15) is 5.11 Å². The molecule has 1 heterocycles. The number of benzene rings is 2. The van der Waals surface area contributed by atoms with Crippen LogP contribution in [0.25, 0.3) is 0 Å². The third-order valence-electron chi connectivity index (χ3n) is 4.24. The van der Waals surface area contributed by atoms with E-state index in [1.165, 1.54) is 0 Å². The van der Waals surface area contributed by atoms with Crippen LogP contribution in [0.3, 0.4) is 0 Å². The second kappa shape index (κ2) is 7.93. The smallest absolute Gasteiger partial charge is 0.130 e. The molecule has 3 rings (SSSR count). The molecule has 0 radical (unpaired) electrons. The van der Waals surface area contributed by atoms with Crippen molar-refractivity contribution in [1.82, 2.24) is 14.9 Å². The number of phenols is 1. The normalized spacial score (nSPS) is 12.0. The first-order valence-electron chi connectivity index (χ1n) is 8.32. The summed E-state index contributed by atoms with van der Waals surface area (Å²) < 4.78 is 12.8. The van der Waals surface area contributed by atoms with E-state index < -0.39 is 0 Å². The summed E-state index contributed by atoms with van der Waals surface area (Å²) in [7, 11) is 5.23. The number of hydrogen-bond donors (Lipinski definition) is 2. The van der Waals surface area contributed by atoms with Crippen LogP contribution in [-0.2, 0) is 13.6 Å². The molecule has 2 N–H and O–H groups in total. The van der Waals surface area contributed by atoms with Crippen LogP contribution < -0.4 is 14.8 Å². The fraction of sp³-hybridized carbons (Fsp3) is 0.250. The van der Waals surface area contributed by atoms with E-state index in [1.807, 2.05) is 48.1 Å². The van der Waals surface area contributed by atoms with Crippen LogP contribution in [0, 0.1) is 0 Å². The Hall–Kier alpha value is -2.99. The monoisotopic (exact) mass is 353 g/mol. The van der Waals surface area contributed by atoms with Crippen LogP contribution in [0.4, 0.5) is 0 Å². The van der Waals surface area contributed by atoms with Crippen molar-refractivity contribution in [2.24, 2.45) is 7.05 Å². The average molecular weight is 353 g/mol. The molecule has 1 unspecified atom stereocenters. The number of aromatic hydroxyl groups is 1. The second-order valence-corrected chi connectivity index (χ2v) is 6.03. The summed E-state index contributed by atoms with van der Waals surface area (Å²) in [6.45, 7) is 0.575. The maximum atomic E-state index is 9.68. The van der Waals surface area contributed by atoms with Crippen LogP contribution in [0.15, 0.2) is 54.9 Å². The van der Waals surface area contributed by atoms with Gasteiger partial charge in [0.2, 0.25) is 0 Å². The first kappa shape index (κ1) is 17.8. The molecule has 0 amide bonds. The zero-order valence-electron chi connectivity index (χ0n) is 15.1. The van der Waals surface area contributed by atoms with Gasteiger partial charge in [-0.3, -0.25) is 5.32 Å². The second-order valence-electron chi connectivity index (χ2n) is 6.03. The predicted octanol–water partition coefficient (Wildman–Crippen LogP) is 3.02. The molecule has 0 aliphatic carbocycles. The summed E-state index contributed by atoms with van der Waals surface area (Å²) in [4.78, 5) is 4.50. The van der Waals surface area contributed by atoms with Crippen LogP contribution in [0.1, 0.15) is 23.0 Å². The van der Waals surface area contributed by atoms with Gasteiger partial charge in [0.25, 0.3) is 0 Å². The molecule has 0 saturated carbocycles. The molecule has 0 bridgehead atoms. The highest BCUT2D eigenvalue weighted by Crippen LogP contribution is 2.29. The van der Waals surface area contributed by atoms with E-state index in [2.05, 4.69) is 10.3 Å². The lowest BCUT2D eigenvalue weighted by atomic mass is 10.0. The van der Waals surface area contributed by atoms with Gasteiger partial charge < -0.3 is 19.1 Å². The highest BCUT2D eigenvalue weighted by Gasteiger charge is 2.20. The minimum Gasteiger partial charge on any atom is -0.508 e. The predicted molar refractivity (Wildman–Crippen MR) is 99.5 cm³/mol. The van der Waals surface area contributed by atoms with Gasteiger partial charge >= 0.3 is 0 Å². The van der Waals surface area contributed by atoms with Gasteiger partial charge in [0.05, 0.1) is 20.3 Å². The number of nitrogens with one attached hydrogen (secondary N) is 1. The van der Waals surface area contributed by atoms with Crippen LogP contribution in [0.5, 0.6) is 17.2 Å². The molecular weight excluding hydrogens is 330 g/mol. The number of rotatable bonds is 7. The number of ether oxygens (including phenoxy) is 2. The number of nitrogens with zero attached hydrogens (tertiary/aromatic N) is 2. The average Bonchev–Trinajstić information content (AvgIpc) is 3.07. The van der Waals surface area contributed by atoms with E-state index in [0.717, 1.165) is 28.5 Å². The summed E-state index contributed by atoms with van der Waals surface area (Å²) in [5.41, 5.74) is 1.97. The van der Waals surface area contributed by atoms with Crippen molar-refractivity contribution in [2.75, 3.05) is 14.2 Å². The molecule has 0 fully saturated rings. The first-order valence-corrected chi connectivity index (χ1v) is 8.32. The lowest BCUT2D eigenvalue weighted by Crippen LogP contribution is -2.25. The minimum absolute atomic E-state index is 0.165. The maximum absolute atomic E-state index is 9.68. The molecule has 1 aromatic heterocycles. The molecular formula is C20H23N3O3. The summed E-state index contributed by atoms with van der Waals surface area (Å²) in [6.07, 6.45) is 3.69. The molecule has 1 atom stereocenters. The van der Waals surface area contributed by atoms with Crippen molar-refractivity contribution in [2.45, 2.75) is 12.6 Å². The van der Waals surface area contributed by atoms with Crippen molar-refractivity contribution >= 4 is 0 Å². The largest absolute Gasteiger partial charge is 0.508 e. The van der Waals surface area contributed by atoms with E-state index in [4.69, 9.17) is 9.47 Å². The van der Waals surface area contributed by atoms with Crippen molar-refractivity contribution in [1.29, 1.82) is 0 Å². The third kappa shape index (κ3) is 3.97. The Labute approximate surface area is 153 Å². The molecule has 2 aromatic carbocycles. The van der Waals surface area contributed by atoms with E-state index in [0.29, 0.717) is 6.54 Å². The zero-order valence-corrected chi connectivity index (χ0v) is 15.1. The Bertz CT molecular complexity index is 854. The van der Waals surface area contributed by atoms with Crippen LogP contribution in [-0.4, -0.2) is 28.9 Å². The quantitative estimate of drug-likeness (QED) is 0.683. The number of methoxy groups -OCH3 is 2. The molecule has 6 nitrogen and oxygen atoms in total. The molecule has 136 valence electrons. The lowest BCUT2D eigenvalue weighted by Gasteiger charge is -2.21. The Balaban J connectivity index is 1.95. The Morgan fingerprint density at radius 3 is 2.42 bits per heavy atom. The number of imidazole rings is 1. The van der Waals surface area contributed by atoms with Gasteiger partial charge in [-0.05, 0) is 35.4 Å². The Kier molecular flexibility index (Phi) is 5.43. The fourth-order valence-electron chi connectivity index (χ4n) is 2.90. The van der Waals surface area contributed by atoms with Gasteiger partial charge in [0.1, 0.15) is 23.1 Å². The molecule has 26 heavy (non-hydrogen) atoms. The van der Waals surface area contributed by atoms with Crippen LogP contribution >= 0.6 is 0 Å². The minimum atomic E-state index is -0.165. The Morgan fingerprint density at radius 2 is 1.85 bits per heavy atom. The zero-order chi connectivity index (χ0) is 18.5. The fourth-order valence-corrected chi connectivity index (χ4v) is 2.90. The van der Waals surface area contributed by atoms with Gasteiger partial charge in [-0.25, -0.2) is 4.98 Å². The SMILES string of the molecule is COc1cc(OC)cc(C(NCc2cccc(O)c2)c2nccn2C)c1. The molecule has 6 heteroatoms. The summed E-state index contributed by atoms with van der Waals surface area (Å²) in [5.74, 6) is 2.57. The molecule has 3 aromatic rings. The number of aryl methyl sites for hydroxylation is 1. The third-order valence-corrected chi connectivity index (χ3v) is 4.24.